The molecule has 0 spiro atoms. The van der Waals surface area contributed by atoms with Gasteiger partial charge in [-0.25, -0.2) is 14.5 Å². The van der Waals surface area contributed by atoms with E-state index in [9.17, 15) is 38.7 Å². The molecule has 0 bridgehead atoms. The number of aromatic nitrogens is 8. The molecular weight excluding hydrogens is 609 g/mol. The lowest BCUT2D eigenvalue weighted by atomic mass is 10.1. The zero-order valence-corrected chi connectivity index (χ0v) is 22.3. The third-order valence-electron chi connectivity index (χ3n) is 6.87. The molecule has 4 aromatic heterocycles. The van der Waals surface area contributed by atoms with Crippen molar-refractivity contribution >= 4 is 41.8 Å². The van der Waals surface area contributed by atoms with Gasteiger partial charge in [-0.1, -0.05) is 0 Å². The molecule has 2 saturated heterocycles. The summed E-state index contributed by atoms with van der Waals surface area (Å²) in [6, 6.07) is 0. The molecule has 2 fully saturated rings. The first-order chi connectivity index (χ1) is 20.3. The van der Waals surface area contributed by atoms with Crippen molar-refractivity contribution in [2.24, 2.45) is 0 Å². The number of halogens is 2. The predicted octanol–water partition coefficient (Wildman–Crippen LogP) is -2.52. The summed E-state index contributed by atoms with van der Waals surface area (Å²) in [5.41, 5.74) is 11.0. The van der Waals surface area contributed by atoms with Crippen molar-refractivity contribution in [3.05, 3.63) is 24.8 Å². The van der Waals surface area contributed by atoms with Crippen LogP contribution in [0, 0.1) is 12.2 Å². The Balaban J connectivity index is 1.08. The van der Waals surface area contributed by atoms with E-state index in [2.05, 4.69) is 29.9 Å². The van der Waals surface area contributed by atoms with Crippen molar-refractivity contribution < 1.29 is 57.2 Å². The van der Waals surface area contributed by atoms with Gasteiger partial charge in [-0.2, -0.15) is 28.7 Å². The van der Waals surface area contributed by atoms with E-state index in [-0.39, 0.29) is 34.0 Å². The summed E-state index contributed by atoms with van der Waals surface area (Å²) in [5.74, 6) is -0.539. The van der Waals surface area contributed by atoms with Crippen LogP contribution in [0.3, 0.4) is 0 Å². The Morgan fingerprint density at radius 1 is 0.767 bits per heavy atom. The molecule has 4 aromatic rings. The van der Waals surface area contributed by atoms with Crippen molar-refractivity contribution in [2.45, 2.75) is 49.1 Å². The quantitative estimate of drug-likeness (QED) is 0.0779. The first-order valence-corrected chi connectivity index (χ1v) is 13.8. The average molecular weight is 632 g/mol. The number of rotatable bonds is 8. The summed E-state index contributed by atoms with van der Waals surface area (Å²) >= 11 is 0. The standard InChI is InChI=1S/C20H23F2N10O10P/c21-19-27-13(23)7-15(29-19)31(3-25-7)17-11(35)9(33)5(41-17)1-39-43(37,38)40-2-6-10(34)12(36)18(42-6)32-4-26-8-14(24)28-20(22)30-16(8)32/h3-6,9-12,17-18,33-36H,1-2H2,(H,37,38)(H2,23,27,29)(H2,24,28,30)/t5-,6-,9-,10-,11+,12+,17-,18-/m1/s1. The predicted molar refractivity (Wildman–Crippen MR) is 133 cm³/mol. The minimum absolute atomic E-state index is 0.00844. The van der Waals surface area contributed by atoms with E-state index < -0.39 is 82.3 Å². The number of nitrogens with zero attached hydrogens (tertiary/aromatic N) is 8. The van der Waals surface area contributed by atoms with E-state index in [0.29, 0.717) is 0 Å². The van der Waals surface area contributed by atoms with Crippen LogP contribution in [-0.4, -0.2) is 114 Å². The zero-order valence-electron chi connectivity index (χ0n) is 21.4. The minimum atomic E-state index is -4.91. The smallest absolute Gasteiger partial charge is 0.387 e. The Morgan fingerprint density at radius 2 is 1.16 bits per heavy atom. The molecule has 0 aromatic carbocycles. The molecule has 2 aliphatic rings. The van der Waals surface area contributed by atoms with Crippen LogP contribution >= 0.6 is 7.82 Å². The second kappa shape index (κ2) is 10.9. The molecule has 0 saturated carbocycles. The SMILES string of the molecule is Nc1nc(F)nc2c1ncn2[C@@H]1O[C@H](COP(=O)(O)OC[C@H]2O[C@@H](n3cnc4c(N)nc(F)nc43)[C@@H](O)[C@@H]2O)[C@@H](O)[C@@H]1O. The van der Waals surface area contributed by atoms with Gasteiger partial charge >= 0.3 is 20.0 Å². The molecule has 9 N–H and O–H groups in total. The summed E-state index contributed by atoms with van der Waals surface area (Å²) in [4.78, 5) is 31.9. The van der Waals surface area contributed by atoms with Gasteiger partial charge in [0, 0.05) is 0 Å². The summed E-state index contributed by atoms with van der Waals surface area (Å²) in [6.07, 6.45) is -12.1. The van der Waals surface area contributed by atoms with Gasteiger partial charge in [0.1, 0.15) is 36.6 Å². The fourth-order valence-electron chi connectivity index (χ4n) is 4.76. The number of phosphoric ester groups is 1. The molecule has 0 unspecified atom stereocenters. The second-order valence-electron chi connectivity index (χ2n) is 9.56. The van der Waals surface area contributed by atoms with Crippen LogP contribution in [0.5, 0.6) is 0 Å². The van der Waals surface area contributed by atoms with Gasteiger partial charge in [-0.3, -0.25) is 18.2 Å². The van der Waals surface area contributed by atoms with Gasteiger partial charge in [-0.05, 0) is 0 Å². The molecule has 0 amide bonds. The molecule has 0 radical (unpaired) electrons. The third-order valence-corrected chi connectivity index (χ3v) is 7.82. The van der Waals surface area contributed by atoms with Crippen LogP contribution < -0.4 is 11.5 Å². The Bertz CT molecular complexity index is 1610. The Labute approximate surface area is 237 Å². The topological polar surface area (TPSA) is 294 Å². The summed E-state index contributed by atoms with van der Waals surface area (Å²) in [5, 5.41) is 41.9. The molecule has 8 atom stereocenters. The van der Waals surface area contributed by atoms with Crippen molar-refractivity contribution in [2.75, 3.05) is 24.7 Å². The van der Waals surface area contributed by atoms with Gasteiger partial charge < -0.3 is 46.3 Å². The number of nitrogen functional groups attached to an aromatic ring is 2. The Morgan fingerprint density at radius 3 is 1.56 bits per heavy atom. The summed E-state index contributed by atoms with van der Waals surface area (Å²) in [7, 11) is -4.91. The number of aliphatic hydroxyl groups excluding tert-OH is 4. The van der Waals surface area contributed by atoms with E-state index >= 15 is 0 Å². The molecule has 6 rings (SSSR count). The van der Waals surface area contributed by atoms with Crippen LogP contribution in [0.4, 0.5) is 20.4 Å². The lowest BCUT2D eigenvalue weighted by Gasteiger charge is -2.20. The third kappa shape index (κ3) is 5.26. The second-order valence-corrected chi connectivity index (χ2v) is 11.0. The van der Waals surface area contributed by atoms with Gasteiger partial charge in [0.25, 0.3) is 0 Å². The lowest BCUT2D eigenvalue weighted by Crippen LogP contribution is -2.34. The van der Waals surface area contributed by atoms with Gasteiger partial charge in [0.05, 0.1) is 25.9 Å². The van der Waals surface area contributed by atoms with E-state index in [1.165, 1.54) is 0 Å². The van der Waals surface area contributed by atoms with Crippen molar-refractivity contribution in [3.63, 3.8) is 0 Å². The van der Waals surface area contributed by atoms with Gasteiger partial charge in [0.15, 0.2) is 46.4 Å². The number of imidazole rings is 2. The summed E-state index contributed by atoms with van der Waals surface area (Å²) in [6.45, 7) is -1.54. The Hall–Kier alpha value is -3.57. The van der Waals surface area contributed by atoms with E-state index in [1.807, 2.05) is 0 Å². The van der Waals surface area contributed by atoms with Crippen molar-refractivity contribution in [3.8, 4) is 0 Å². The fraction of sp³-hybridized carbons (Fsp3) is 0.500. The van der Waals surface area contributed by atoms with E-state index in [1.54, 1.807) is 0 Å². The highest BCUT2D eigenvalue weighted by Crippen LogP contribution is 2.46. The number of anilines is 2. The van der Waals surface area contributed by atoms with Crippen molar-refractivity contribution in [1.29, 1.82) is 0 Å². The zero-order chi connectivity index (χ0) is 30.8. The van der Waals surface area contributed by atoms with Crippen molar-refractivity contribution in [1.82, 2.24) is 39.0 Å². The van der Waals surface area contributed by atoms with Crippen LogP contribution in [0.1, 0.15) is 12.5 Å². The highest BCUT2D eigenvalue weighted by molar-refractivity contribution is 7.47. The number of aliphatic hydroxyl groups is 4. The molecule has 2 aliphatic heterocycles. The number of ether oxygens (including phenoxy) is 2. The highest BCUT2D eigenvalue weighted by atomic mass is 31.2. The average Bonchev–Trinajstić information content (AvgIpc) is 3.69. The number of fused-ring (bicyclic) bond motifs is 2. The molecule has 23 heteroatoms. The van der Waals surface area contributed by atoms with E-state index in [4.69, 9.17) is 30.0 Å². The normalized spacial score (nSPS) is 30.9. The van der Waals surface area contributed by atoms with Crippen LogP contribution in [0.25, 0.3) is 22.3 Å². The Kier molecular flexibility index (Phi) is 7.45. The fourth-order valence-corrected chi connectivity index (χ4v) is 5.51. The van der Waals surface area contributed by atoms with Crippen LogP contribution in [-0.2, 0) is 23.1 Å². The van der Waals surface area contributed by atoms with Gasteiger partial charge in [-0.15, -0.1) is 0 Å². The lowest BCUT2D eigenvalue weighted by molar-refractivity contribution is -0.0609. The maximum Gasteiger partial charge on any atom is 0.472 e. The highest BCUT2D eigenvalue weighted by Gasteiger charge is 2.47. The monoisotopic (exact) mass is 632 g/mol. The largest absolute Gasteiger partial charge is 0.472 e. The molecule has 6 heterocycles. The number of phosphoric acid groups is 1. The number of nitrogens with two attached hydrogens (primary N) is 2. The molecule has 43 heavy (non-hydrogen) atoms. The number of hydrogen-bond donors (Lipinski definition) is 7. The maximum atomic E-state index is 13.7. The summed E-state index contributed by atoms with van der Waals surface area (Å²) < 4.78 is 63.1. The molecule has 0 aliphatic carbocycles. The maximum absolute atomic E-state index is 13.7. The van der Waals surface area contributed by atoms with Gasteiger partial charge in [0.2, 0.25) is 0 Å². The molecule has 232 valence electrons. The number of hydrogen-bond acceptors (Lipinski definition) is 17. The van der Waals surface area contributed by atoms with E-state index in [0.717, 1.165) is 21.8 Å². The first-order valence-electron chi connectivity index (χ1n) is 12.3. The van der Waals surface area contributed by atoms with Crippen LogP contribution in [0.2, 0.25) is 0 Å². The molecule has 20 nitrogen and oxygen atoms in total. The first kappa shape index (κ1) is 29.5. The van der Waals surface area contributed by atoms with Crippen LogP contribution in [0.15, 0.2) is 12.7 Å². The molecular formula is C20H23F2N10O10P. The minimum Gasteiger partial charge on any atom is -0.387 e.